The van der Waals surface area contributed by atoms with Gasteiger partial charge in [-0.1, -0.05) is 103 Å². The van der Waals surface area contributed by atoms with Gasteiger partial charge in [-0.25, -0.2) is 9.97 Å². The van der Waals surface area contributed by atoms with Gasteiger partial charge in [0.05, 0.1) is 27.6 Å². The Bertz CT molecular complexity index is 3330. The summed E-state index contributed by atoms with van der Waals surface area (Å²) in [6.07, 6.45) is 0. The first-order chi connectivity index (χ1) is 24.3. The fraction of sp³-hybridized carbons (Fsp3) is 0. The Morgan fingerprint density at radius 1 is 0.469 bits per heavy atom. The summed E-state index contributed by atoms with van der Waals surface area (Å²) in [5.74, 6) is 1.40. The average molecular weight is 625 g/mol. The lowest BCUT2D eigenvalue weighted by Gasteiger charge is -2.11. The van der Waals surface area contributed by atoms with Crippen molar-refractivity contribution in [2.45, 2.75) is 0 Å². The van der Waals surface area contributed by atoms with E-state index in [2.05, 4.69) is 118 Å². The van der Waals surface area contributed by atoms with Crippen LogP contribution in [0.5, 0.6) is 0 Å². The zero-order chi connectivity index (χ0) is 31.8. The molecule has 0 spiro atoms. The van der Waals surface area contributed by atoms with Crippen molar-refractivity contribution in [1.82, 2.24) is 18.9 Å². The van der Waals surface area contributed by atoms with Crippen LogP contribution in [-0.4, -0.2) is 18.9 Å². The Morgan fingerprint density at radius 3 is 2.00 bits per heavy atom. The minimum absolute atomic E-state index is 0.666. The number of para-hydroxylation sites is 3. The number of aromatic nitrogens is 4. The molecule has 5 aromatic heterocycles. The van der Waals surface area contributed by atoms with Gasteiger partial charge in [0, 0.05) is 43.3 Å². The van der Waals surface area contributed by atoms with Crippen molar-refractivity contribution in [3.8, 4) is 17.2 Å². The smallest absolute Gasteiger partial charge is 0.197 e. The lowest BCUT2D eigenvalue weighted by atomic mass is 10.0. The quantitative estimate of drug-likeness (QED) is 0.192. The van der Waals surface area contributed by atoms with Crippen molar-refractivity contribution >= 4 is 92.7 Å². The van der Waals surface area contributed by atoms with Gasteiger partial charge in [-0.05, 0) is 53.2 Å². The van der Waals surface area contributed by atoms with Crippen LogP contribution in [0, 0.1) is 0 Å². The zero-order valence-corrected chi connectivity index (χ0v) is 26.1. The van der Waals surface area contributed by atoms with Gasteiger partial charge < -0.3 is 8.82 Å². The van der Waals surface area contributed by atoms with Gasteiger partial charge in [-0.2, -0.15) is 0 Å². The van der Waals surface area contributed by atoms with Crippen LogP contribution in [-0.2, 0) is 0 Å². The highest BCUT2D eigenvalue weighted by molar-refractivity contribution is 6.34. The monoisotopic (exact) mass is 624 g/mol. The molecule has 0 aliphatic carbocycles. The number of fused-ring (bicyclic) bond motifs is 14. The summed E-state index contributed by atoms with van der Waals surface area (Å²) in [5, 5.41) is 10.8. The van der Waals surface area contributed by atoms with Crippen LogP contribution < -0.4 is 0 Å². The highest BCUT2D eigenvalue weighted by atomic mass is 16.3. The third kappa shape index (κ3) is 3.19. The predicted molar refractivity (Wildman–Crippen MR) is 201 cm³/mol. The number of nitrogens with zero attached hydrogens (tertiary/aromatic N) is 4. The van der Waals surface area contributed by atoms with E-state index in [9.17, 15) is 0 Å². The number of hydrogen-bond acceptors (Lipinski definition) is 3. The largest absolute Gasteiger partial charge is 0.450 e. The molecule has 0 aliphatic rings. The molecule has 0 aliphatic heterocycles. The third-order valence-electron chi connectivity index (χ3n) is 10.4. The van der Waals surface area contributed by atoms with Gasteiger partial charge in [0.15, 0.2) is 17.2 Å². The first kappa shape index (κ1) is 25.4. The average Bonchev–Trinajstić information content (AvgIpc) is 3.89. The third-order valence-corrected chi connectivity index (χ3v) is 10.4. The molecule has 5 heteroatoms. The molecule has 0 unspecified atom stereocenters. The molecule has 0 bridgehead atoms. The molecule has 0 saturated heterocycles. The van der Waals surface area contributed by atoms with E-state index in [1.807, 2.05) is 36.4 Å². The maximum Gasteiger partial charge on any atom is 0.197 e. The van der Waals surface area contributed by atoms with Crippen molar-refractivity contribution in [1.29, 1.82) is 0 Å². The van der Waals surface area contributed by atoms with Crippen LogP contribution in [0.25, 0.3) is 110 Å². The van der Waals surface area contributed by atoms with Crippen LogP contribution in [0.2, 0.25) is 0 Å². The van der Waals surface area contributed by atoms with Crippen molar-refractivity contribution in [3.63, 3.8) is 0 Å². The molecule has 5 heterocycles. The summed E-state index contributed by atoms with van der Waals surface area (Å²) in [5.41, 5.74) is 9.07. The van der Waals surface area contributed by atoms with E-state index in [4.69, 9.17) is 14.4 Å². The highest BCUT2D eigenvalue weighted by Gasteiger charge is 2.27. The molecule has 0 saturated carbocycles. The molecule has 5 nitrogen and oxygen atoms in total. The standard InChI is InChI=1S/C44H24N4O/c1-2-12-25(13-3-1)43-45-39-30-18-8-11-21-37(30)49-42(39)44(46-43)48-34-19-9-6-16-28(34)32-24-33-31-22-26-14-4-5-15-27(26)23-36(31)47-35-20-10-7-17-29(35)38(40(33)47)41(32)48/h1-24H. The Labute approximate surface area is 278 Å². The zero-order valence-electron chi connectivity index (χ0n) is 26.1. The first-order valence-corrected chi connectivity index (χ1v) is 16.6. The summed E-state index contributed by atoms with van der Waals surface area (Å²) in [6.45, 7) is 0. The van der Waals surface area contributed by atoms with Gasteiger partial charge >= 0.3 is 0 Å². The SMILES string of the molecule is c1ccc(-c2nc(-n3c4ccccc4c4cc5c6cc7ccccc7cc6n6c7ccccc7c(c43)c56)c3oc4ccccc4c3n2)cc1. The molecule has 0 amide bonds. The molecule has 12 aromatic rings. The van der Waals surface area contributed by atoms with E-state index in [-0.39, 0.29) is 0 Å². The molecule has 226 valence electrons. The lowest BCUT2D eigenvalue weighted by molar-refractivity contribution is 0.662. The topological polar surface area (TPSA) is 48.3 Å². The van der Waals surface area contributed by atoms with E-state index in [0.717, 1.165) is 38.9 Å². The lowest BCUT2D eigenvalue weighted by Crippen LogP contribution is -2.02. The van der Waals surface area contributed by atoms with Crippen LogP contribution in [0.1, 0.15) is 0 Å². The Balaban J connectivity index is 1.35. The molecule has 0 radical (unpaired) electrons. The molecule has 7 aromatic carbocycles. The second-order valence-corrected chi connectivity index (χ2v) is 13.0. The van der Waals surface area contributed by atoms with Crippen molar-refractivity contribution in [2.24, 2.45) is 0 Å². The van der Waals surface area contributed by atoms with Gasteiger partial charge in [0.1, 0.15) is 11.1 Å². The number of hydrogen-bond donors (Lipinski definition) is 0. The molecule has 0 N–H and O–H groups in total. The van der Waals surface area contributed by atoms with Gasteiger partial charge in [0.2, 0.25) is 0 Å². The van der Waals surface area contributed by atoms with Crippen LogP contribution in [0.3, 0.4) is 0 Å². The fourth-order valence-electron chi connectivity index (χ4n) is 8.35. The second kappa shape index (κ2) is 9.00. The van der Waals surface area contributed by atoms with E-state index in [1.165, 1.54) is 59.6 Å². The first-order valence-electron chi connectivity index (χ1n) is 16.6. The fourth-order valence-corrected chi connectivity index (χ4v) is 8.35. The highest BCUT2D eigenvalue weighted by Crippen LogP contribution is 2.47. The van der Waals surface area contributed by atoms with Gasteiger partial charge in [0.25, 0.3) is 0 Å². The molecular formula is C44H24N4O. The van der Waals surface area contributed by atoms with E-state index < -0.39 is 0 Å². The Kier molecular flexibility index (Phi) is 4.66. The minimum atomic E-state index is 0.666. The number of rotatable bonds is 2. The molecule has 12 rings (SSSR count). The summed E-state index contributed by atoms with van der Waals surface area (Å²) in [6, 6.07) is 51.6. The van der Waals surface area contributed by atoms with Crippen molar-refractivity contribution in [3.05, 3.63) is 146 Å². The van der Waals surface area contributed by atoms with E-state index >= 15 is 0 Å². The van der Waals surface area contributed by atoms with Crippen molar-refractivity contribution in [2.75, 3.05) is 0 Å². The van der Waals surface area contributed by atoms with Gasteiger partial charge in [-0.3, -0.25) is 4.57 Å². The van der Waals surface area contributed by atoms with Crippen LogP contribution >= 0.6 is 0 Å². The summed E-state index contributed by atoms with van der Waals surface area (Å²) >= 11 is 0. The van der Waals surface area contributed by atoms with Crippen molar-refractivity contribution < 1.29 is 4.42 Å². The summed E-state index contributed by atoms with van der Waals surface area (Å²) in [4.78, 5) is 10.5. The Morgan fingerprint density at radius 2 is 1.14 bits per heavy atom. The molecule has 0 atom stereocenters. The predicted octanol–water partition coefficient (Wildman–Crippen LogP) is 11.4. The maximum absolute atomic E-state index is 6.68. The van der Waals surface area contributed by atoms with E-state index in [0.29, 0.717) is 11.4 Å². The molecule has 0 fully saturated rings. The minimum Gasteiger partial charge on any atom is -0.450 e. The van der Waals surface area contributed by atoms with Crippen LogP contribution in [0.15, 0.2) is 150 Å². The number of furan rings is 1. The van der Waals surface area contributed by atoms with Crippen LogP contribution in [0.4, 0.5) is 0 Å². The maximum atomic E-state index is 6.68. The van der Waals surface area contributed by atoms with Gasteiger partial charge in [-0.15, -0.1) is 0 Å². The Hall–Kier alpha value is -6.72. The number of benzene rings is 7. The summed E-state index contributed by atoms with van der Waals surface area (Å²) in [7, 11) is 0. The second-order valence-electron chi connectivity index (χ2n) is 13.0. The molecule has 49 heavy (non-hydrogen) atoms. The van der Waals surface area contributed by atoms with E-state index in [1.54, 1.807) is 0 Å². The molecular weight excluding hydrogens is 601 g/mol. The normalized spacial score (nSPS) is 12.5. The summed E-state index contributed by atoms with van der Waals surface area (Å²) < 4.78 is 11.5.